The van der Waals surface area contributed by atoms with Gasteiger partial charge in [-0.25, -0.2) is 4.57 Å². The number of hydrogen-bond donors (Lipinski definition) is 0. The first-order valence-electron chi connectivity index (χ1n) is 7.74. The molecule has 3 nitrogen and oxygen atoms in total. The molecule has 0 aliphatic heterocycles. The zero-order valence-corrected chi connectivity index (χ0v) is 14.3. The molecular formula is C18H23O3P. The summed E-state index contributed by atoms with van der Waals surface area (Å²) in [7, 11) is -3.19. The van der Waals surface area contributed by atoms with E-state index in [1.165, 1.54) is 11.1 Å². The van der Waals surface area contributed by atoms with Crippen molar-refractivity contribution >= 4 is 7.60 Å². The minimum atomic E-state index is -3.19. The third-order valence-electron chi connectivity index (χ3n) is 3.54. The van der Waals surface area contributed by atoms with Crippen molar-refractivity contribution in [3.8, 4) is 11.5 Å². The molecule has 0 aliphatic rings. The van der Waals surface area contributed by atoms with Gasteiger partial charge >= 0.3 is 7.60 Å². The van der Waals surface area contributed by atoms with Gasteiger partial charge in [-0.2, -0.15) is 0 Å². The average molecular weight is 318 g/mol. The first-order chi connectivity index (χ1) is 10.6. The Morgan fingerprint density at radius 3 is 1.36 bits per heavy atom. The van der Waals surface area contributed by atoms with Crippen molar-refractivity contribution in [3.05, 3.63) is 59.7 Å². The molecule has 2 aromatic rings. The van der Waals surface area contributed by atoms with Crippen molar-refractivity contribution < 1.29 is 13.6 Å². The molecular weight excluding hydrogens is 295 g/mol. The fraction of sp³-hybridized carbons (Fsp3) is 0.333. The van der Waals surface area contributed by atoms with E-state index in [1.54, 1.807) is 0 Å². The van der Waals surface area contributed by atoms with Crippen LogP contribution in [0.25, 0.3) is 0 Å². The van der Waals surface area contributed by atoms with E-state index in [4.69, 9.17) is 9.05 Å². The van der Waals surface area contributed by atoms with E-state index in [-0.39, 0.29) is 0 Å². The lowest BCUT2D eigenvalue weighted by atomic mass is 10.2. The van der Waals surface area contributed by atoms with Crippen molar-refractivity contribution in [2.24, 2.45) is 0 Å². The monoisotopic (exact) mass is 318 g/mol. The van der Waals surface area contributed by atoms with E-state index in [1.807, 2.05) is 55.5 Å². The molecule has 0 fully saturated rings. The van der Waals surface area contributed by atoms with Crippen LogP contribution >= 0.6 is 7.60 Å². The highest BCUT2D eigenvalue weighted by Crippen LogP contribution is 2.48. The van der Waals surface area contributed by atoms with E-state index >= 15 is 0 Å². The van der Waals surface area contributed by atoms with Gasteiger partial charge in [-0.3, -0.25) is 0 Å². The highest BCUT2D eigenvalue weighted by molar-refractivity contribution is 7.54. The maximum absolute atomic E-state index is 12.8. The van der Waals surface area contributed by atoms with Crippen LogP contribution in [0.2, 0.25) is 0 Å². The van der Waals surface area contributed by atoms with Gasteiger partial charge in [0.05, 0.1) is 6.16 Å². The average Bonchev–Trinajstić information content (AvgIpc) is 2.56. The molecule has 0 aliphatic carbocycles. The van der Waals surface area contributed by atoms with Gasteiger partial charge in [-0.15, -0.1) is 0 Å². The highest BCUT2D eigenvalue weighted by Gasteiger charge is 2.25. The van der Waals surface area contributed by atoms with E-state index in [0.717, 1.165) is 12.8 Å². The Bertz CT molecular complexity index is 579. The largest absolute Gasteiger partial charge is 0.430 e. The Morgan fingerprint density at radius 2 is 1.09 bits per heavy atom. The standard InChI is InChI=1S/C18H23O3P/c1-4-15-7-11-17(12-8-15)20-22(19,6-3)21-18-13-9-16(5-2)10-14-18/h7-14H,4-6H2,1-3H3. The molecule has 0 atom stereocenters. The molecule has 2 rings (SSSR count). The van der Waals surface area contributed by atoms with Gasteiger partial charge in [0.15, 0.2) is 0 Å². The van der Waals surface area contributed by atoms with Gasteiger partial charge in [0, 0.05) is 0 Å². The van der Waals surface area contributed by atoms with Crippen molar-refractivity contribution in [3.63, 3.8) is 0 Å². The number of benzene rings is 2. The van der Waals surface area contributed by atoms with Crippen LogP contribution in [0.3, 0.4) is 0 Å². The molecule has 118 valence electrons. The molecule has 0 saturated carbocycles. The lowest BCUT2D eigenvalue weighted by Gasteiger charge is -2.19. The molecule has 0 saturated heterocycles. The van der Waals surface area contributed by atoms with Crippen LogP contribution in [0.5, 0.6) is 11.5 Å². The number of rotatable bonds is 7. The Kier molecular flexibility index (Phi) is 5.68. The van der Waals surface area contributed by atoms with Crippen molar-refractivity contribution in [1.29, 1.82) is 0 Å². The summed E-state index contributed by atoms with van der Waals surface area (Å²) in [4.78, 5) is 0. The summed E-state index contributed by atoms with van der Waals surface area (Å²) < 4.78 is 24.1. The third kappa shape index (κ3) is 4.38. The van der Waals surface area contributed by atoms with Crippen molar-refractivity contribution in [2.45, 2.75) is 33.6 Å². The second kappa shape index (κ2) is 7.51. The summed E-state index contributed by atoms with van der Waals surface area (Å²) >= 11 is 0. The highest BCUT2D eigenvalue weighted by atomic mass is 31.2. The van der Waals surface area contributed by atoms with E-state index in [0.29, 0.717) is 17.7 Å². The molecule has 0 bridgehead atoms. The molecule has 0 N–H and O–H groups in total. The molecule has 0 radical (unpaired) electrons. The van der Waals surface area contributed by atoms with Crippen LogP contribution in [-0.2, 0) is 17.4 Å². The zero-order valence-electron chi connectivity index (χ0n) is 13.4. The Balaban J connectivity index is 2.11. The van der Waals surface area contributed by atoms with Gasteiger partial charge < -0.3 is 9.05 Å². The summed E-state index contributed by atoms with van der Waals surface area (Å²) in [6.07, 6.45) is 2.25. The lowest BCUT2D eigenvalue weighted by Crippen LogP contribution is -2.03. The first kappa shape index (κ1) is 16.6. The summed E-state index contributed by atoms with van der Waals surface area (Å²) in [5, 5.41) is 0. The topological polar surface area (TPSA) is 35.5 Å². The summed E-state index contributed by atoms with van der Waals surface area (Å²) in [6, 6.07) is 15.3. The molecule has 4 heteroatoms. The van der Waals surface area contributed by atoms with Crippen LogP contribution < -0.4 is 9.05 Å². The maximum atomic E-state index is 12.8. The fourth-order valence-corrected chi connectivity index (χ4v) is 3.22. The van der Waals surface area contributed by atoms with E-state index < -0.39 is 7.60 Å². The number of aryl methyl sites for hydroxylation is 2. The van der Waals surface area contributed by atoms with Gasteiger partial charge in [0.1, 0.15) is 11.5 Å². The summed E-state index contributed by atoms with van der Waals surface area (Å²) in [6.45, 7) is 5.99. The van der Waals surface area contributed by atoms with Crippen LogP contribution in [0.15, 0.2) is 48.5 Å². The zero-order chi connectivity index (χ0) is 16.0. The van der Waals surface area contributed by atoms with Crippen LogP contribution in [0.4, 0.5) is 0 Å². The molecule has 0 heterocycles. The minimum Gasteiger partial charge on any atom is -0.416 e. The Hall–Kier alpha value is -1.73. The smallest absolute Gasteiger partial charge is 0.416 e. The van der Waals surface area contributed by atoms with E-state index in [2.05, 4.69) is 13.8 Å². The van der Waals surface area contributed by atoms with Gasteiger partial charge in [0.25, 0.3) is 0 Å². The van der Waals surface area contributed by atoms with Crippen molar-refractivity contribution in [1.82, 2.24) is 0 Å². The predicted molar refractivity (Wildman–Crippen MR) is 91.0 cm³/mol. The Labute approximate surface area is 132 Å². The predicted octanol–water partition coefficient (Wildman–Crippen LogP) is 5.48. The van der Waals surface area contributed by atoms with Crippen molar-refractivity contribution in [2.75, 3.05) is 6.16 Å². The Morgan fingerprint density at radius 1 is 0.727 bits per heavy atom. The third-order valence-corrected chi connectivity index (χ3v) is 5.29. The van der Waals surface area contributed by atoms with Gasteiger partial charge in [-0.1, -0.05) is 45.0 Å². The molecule has 22 heavy (non-hydrogen) atoms. The molecule has 0 spiro atoms. The van der Waals surface area contributed by atoms with Gasteiger partial charge in [-0.05, 0) is 48.2 Å². The molecule has 0 aromatic heterocycles. The fourth-order valence-electron chi connectivity index (χ4n) is 2.04. The lowest BCUT2D eigenvalue weighted by molar-refractivity contribution is 0.387. The second-order valence-corrected chi connectivity index (χ2v) is 7.32. The SMILES string of the molecule is CCc1ccc(OP(=O)(CC)Oc2ccc(CC)cc2)cc1. The summed E-state index contributed by atoms with van der Waals surface area (Å²) in [5.74, 6) is 1.15. The van der Waals surface area contributed by atoms with Gasteiger partial charge in [0.2, 0.25) is 0 Å². The molecule has 0 unspecified atom stereocenters. The van der Waals surface area contributed by atoms with Crippen LogP contribution in [0.1, 0.15) is 31.9 Å². The number of hydrogen-bond acceptors (Lipinski definition) is 3. The second-order valence-electron chi connectivity index (χ2n) is 5.10. The molecule has 2 aromatic carbocycles. The van der Waals surface area contributed by atoms with Crippen LogP contribution in [0, 0.1) is 0 Å². The normalized spacial score (nSPS) is 11.2. The van der Waals surface area contributed by atoms with Crippen LogP contribution in [-0.4, -0.2) is 6.16 Å². The molecule has 0 amide bonds. The quantitative estimate of drug-likeness (QED) is 0.634. The summed E-state index contributed by atoms with van der Waals surface area (Å²) in [5.41, 5.74) is 2.43. The minimum absolute atomic E-state index is 0.318. The van der Waals surface area contributed by atoms with E-state index in [9.17, 15) is 4.57 Å². The maximum Gasteiger partial charge on any atom is 0.430 e. The first-order valence-corrected chi connectivity index (χ1v) is 9.47.